The maximum atomic E-state index is 11.3. The van der Waals surface area contributed by atoms with E-state index in [4.69, 9.17) is 4.74 Å². The predicted octanol–water partition coefficient (Wildman–Crippen LogP) is 4.09. The molecule has 0 aliphatic rings. The van der Waals surface area contributed by atoms with E-state index < -0.39 is 0 Å². The summed E-state index contributed by atoms with van der Waals surface area (Å²) < 4.78 is 5.21. The van der Waals surface area contributed by atoms with Crippen LogP contribution in [0.5, 0.6) is 0 Å². The zero-order valence-corrected chi connectivity index (χ0v) is 12.7. The highest BCUT2D eigenvalue weighted by Gasteiger charge is 2.15. The lowest BCUT2D eigenvalue weighted by Crippen LogP contribution is -2.14. The fraction of sp³-hybridized carbons (Fsp3) is 0.929. The highest BCUT2D eigenvalue weighted by atomic mass is 32.1. The minimum atomic E-state index is -0.0604. The Morgan fingerprint density at radius 1 is 1.29 bits per heavy atom. The number of esters is 1. The number of thiol groups is 1. The van der Waals surface area contributed by atoms with Crippen LogP contribution in [0.1, 0.15) is 59.8 Å². The lowest BCUT2D eigenvalue weighted by molar-refractivity contribution is -0.144. The second-order valence-electron chi connectivity index (χ2n) is 6.06. The third kappa shape index (κ3) is 12.1. The van der Waals surface area contributed by atoms with Crippen LogP contribution >= 0.6 is 12.6 Å². The van der Waals surface area contributed by atoms with Crippen molar-refractivity contribution in [3.8, 4) is 0 Å². The summed E-state index contributed by atoms with van der Waals surface area (Å²) in [6.07, 6.45) is 4.55. The maximum Gasteiger partial charge on any atom is 0.305 e. The van der Waals surface area contributed by atoms with Gasteiger partial charge in [0.1, 0.15) is 0 Å². The van der Waals surface area contributed by atoms with Crippen LogP contribution in [0.25, 0.3) is 0 Å². The van der Waals surface area contributed by atoms with Crippen molar-refractivity contribution in [1.29, 1.82) is 0 Å². The highest BCUT2D eigenvalue weighted by Crippen LogP contribution is 2.25. The molecule has 2 nitrogen and oxygen atoms in total. The van der Waals surface area contributed by atoms with Crippen LogP contribution in [-0.4, -0.2) is 18.3 Å². The minimum Gasteiger partial charge on any atom is -0.466 e. The first-order valence-electron chi connectivity index (χ1n) is 6.61. The fourth-order valence-electron chi connectivity index (χ4n) is 1.97. The van der Waals surface area contributed by atoms with Crippen molar-refractivity contribution in [2.24, 2.45) is 11.3 Å². The van der Waals surface area contributed by atoms with E-state index in [1.165, 1.54) is 6.42 Å². The van der Waals surface area contributed by atoms with E-state index in [2.05, 4.69) is 40.3 Å². The van der Waals surface area contributed by atoms with Crippen molar-refractivity contribution in [2.75, 3.05) is 12.4 Å². The zero-order chi connectivity index (χ0) is 13.3. The topological polar surface area (TPSA) is 26.3 Å². The lowest BCUT2D eigenvalue weighted by atomic mass is 9.84. The van der Waals surface area contributed by atoms with Crippen LogP contribution in [0.3, 0.4) is 0 Å². The largest absolute Gasteiger partial charge is 0.466 e. The van der Waals surface area contributed by atoms with Crippen molar-refractivity contribution in [2.45, 2.75) is 59.8 Å². The first-order valence-corrected chi connectivity index (χ1v) is 7.25. The van der Waals surface area contributed by atoms with E-state index in [0.717, 1.165) is 25.0 Å². The smallest absolute Gasteiger partial charge is 0.305 e. The van der Waals surface area contributed by atoms with Gasteiger partial charge in [0, 0.05) is 6.42 Å². The van der Waals surface area contributed by atoms with E-state index in [9.17, 15) is 4.79 Å². The Morgan fingerprint density at radius 3 is 2.47 bits per heavy atom. The van der Waals surface area contributed by atoms with Crippen molar-refractivity contribution < 1.29 is 9.53 Å². The molecule has 0 heterocycles. The summed E-state index contributed by atoms with van der Waals surface area (Å²) >= 11 is 4.11. The molecule has 0 aromatic heterocycles. The van der Waals surface area contributed by atoms with E-state index in [0.29, 0.717) is 24.4 Å². The quantitative estimate of drug-likeness (QED) is 0.404. The van der Waals surface area contributed by atoms with E-state index in [1.54, 1.807) is 0 Å². The number of hydrogen-bond acceptors (Lipinski definition) is 3. The summed E-state index contributed by atoms with van der Waals surface area (Å²) in [5, 5.41) is 0. The van der Waals surface area contributed by atoms with Gasteiger partial charge in [-0.15, -0.1) is 0 Å². The van der Waals surface area contributed by atoms with Crippen molar-refractivity contribution in [3.05, 3.63) is 0 Å². The number of carbonyl (C=O) groups excluding carboxylic acids is 1. The zero-order valence-electron chi connectivity index (χ0n) is 11.8. The van der Waals surface area contributed by atoms with Gasteiger partial charge >= 0.3 is 5.97 Å². The summed E-state index contributed by atoms with van der Waals surface area (Å²) in [5.74, 6) is 1.39. The second kappa shape index (κ2) is 8.84. The van der Waals surface area contributed by atoms with Gasteiger partial charge in [-0.1, -0.05) is 27.7 Å². The second-order valence-corrected chi connectivity index (χ2v) is 6.51. The molecule has 0 amide bonds. The molecule has 0 saturated carbocycles. The molecular weight excluding hydrogens is 232 g/mol. The SMILES string of the molecule is CC(CCOC(=O)CCCCS)CC(C)(C)C. The molecule has 0 aliphatic carbocycles. The third-order valence-electron chi connectivity index (χ3n) is 2.62. The molecule has 102 valence electrons. The van der Waals surface area contributed by atoms with Crippen LogP contribution in [0.2, 0.25) is 0 Å². The van der Waals surface area contributed by atoms with Gasteiger partial charge in [0.25, 0.3) is 0 Å². The molecule has 0 bridgehead atoms. The normalized spacial score (nSPS) is 13.5. The van der Waals surface area contributed by atoms with E-state index in [1.807, 2.05) is 0 Å². The van der Waals surface area contributed by atoms with Gasteiger partial charge in [0.05, 0.1) is 6.61 Å². The maximum absolute atomic E-state index is 11.3. The average Bonchev–Trinajstić information content (AvgIpc) is 2.15. The van der Waals surface area contributed by atoms with Crippen LogP contribution in [0.15, 0.2) is 0 Å². The van der Waals surface area contributed by atoms with Crippen LogP contribution in [0, 0.1) is 11.3 Å². The Bertz CT molecular complexity index is 209. The van der Waals surface area contributed by atoms with Gasteiger partial charge in [-0.05, 0) is 42.8 Å². The van der Waals surface area contributed by atoms with Gasteiger partial charge in [0.2, 0.25) is 0 Å². The number of carbonyl (C=O) groups is 1. The van der Waals surface area contributed by atoms with Gasteiger partial charge in [-0.3, -0.25) is 4.79 Å². The Kier molecular flexibility index (Phi) is 8.75. The molecule has 0 aromatic carbocycles. The molecule has 1 atom stereocenters. The molecule has 1 unspecified atom stereocenters. The Hall–Kier alpha value is -0.180. The minimum absolute atomic E-state index is 0.0604. The van der Waals surface area contributed by atoms with Crippen molar-refractivity contribution in [1.82, 2.24) is 0 Å². The molecule has 0 aromatic rings. The Labute approximate surface area is 112 Å². The van der Waals surface area contributed by atoms with Crippen LogP contribution in [-0.2, 0) is 9.53 Å². The molecule has 0 aliphatic heterocycles. The van der Waals surface area contributed by atoms with Crippen molar-refractivity contribution in [3.63, 3.8) is 0 Å². The highest BCUT2D eigenvalue weighted by molar-refractivity contribution is 7.80. The number of unbranched alkanes of at least 4 members (excludes halogenated alkanes) is 1. The predicted molar refractivity (Wildman–Crippen MR) is 76.5 cm³/mol. The molecule has 0 N–H and O–H groups in total. The lowest BCUT2D eigenvalue weighted by Gasteiger charge is -2.22. The fourth-order valence-corrected chi connectivity index (χ4v) is 2.20. The monoisotopic (exact) mass is 260 g/mol. The molecule has 0 rings (SSSR count). The number of hydrogen-bond donors (Lipinski definition) is 1. The molecule has 0 spiro atoms. The molecule has 17 heavy (non-hydrogen) atoms. The summed E-state index contributed by atoms with van der Waals surface area (Å²) in [5.41, 5.74) is 0.357. The van der Waals surface area contributed by atoms with Crippen LogP contribution in [0.4, 0.5) is 0 Å². The summed E-state index contributed by atoms with van der Waals surface area (Å²) in [6, 6.07) is 0. The number of ether oxygens (including phenoxy) is 1. The summed E-state index contributed by atoms with van der Waals surface area (Å²) in [4.78, 5) is 11.3. The molecule has 3 heteroatoms. The summed E-state index contributed by atoms with van der Waals surface area (Å²) in [6.45, 7) is 9.52. The first-order chi connectivity index (χ1) is 7.85. The molecule has 0 saturated heterocycles. The van der Waals surface area contributed by atoms with Gasteiger partial charge in [-0.25, -0.2) is 0 Å². The Morgan fingerprint density at radius 2 is 1.94 bits per heavy atom. The first kappa shape index (κ1) is 16.8. The van der Waals surface area contributed by atoms with Crippen LogP contribution < -0.4 is 0 Å². The Balaban J connectivity index is 3.52. The average molecular weight is 260 g/mol. The molecule has 0 fully saturated rings. The molecule has 0 radical (unpaired) electrons. The van der Waals surface area contributed by atoms with E-state index >= 15 is 0 Å². The summed E-state index contributed by atoms with van der Waals surface area (Å²) in [7, 11) is 0. The van der Waals surface area contributed by atoms with Crippen molar-refractivity contribution >= 4 is 18.6 Å². The standard InChI is InChI=1S/C14H28O2S/c1-12(11-14(2,3)4)8-9-16-13(15)7-5-6-10-17/h12,17H,5-11H2,1-4H3. The molecular formula is C14H28O2S. The van der Waals surface area contributed by atoms with E-state index in [-0.39, 0.29) is 5.97 Å². The third-order valence-corrected chi connectivity index (χ3v) is 2.94. The van der Waals surface area contributed by atoms with Gasteiger partial charge in [0.15, 0.2) is 0 Å². The van der Waals surface area contributed by atoms with Gasteiger partial charge < -0.3 is 4.74 Å². The number of rotatable bonds is 8. The van der Waals surface area contributed by atoms with Gasteiger partial charge in [-0.2, -0.15) is 12.6 Å².